The zero-order chi connectivity index (χ0) is 15.1. The first-order valence-electron chi connectivity index (χ1n) is 7.05. The van der Waals surface area contributed by atoms with E-state index in [1.807, 2.05) is 12.1 Å². The molecule has 0 aliphatic carbocycles. The van der Waals surface area contributed by atoms with Crippen LogP contribution in [0.3, 0.4) is 0 Å². The Kier molecular flexibility index (Phi) is 6.21. The van der Waals surface area contributed by atoms with Gasteiger partial charge in [0.15, 0.2) is 0 Å². The van der Waals surface area contributed by atoms with Crippen LogP contribution in [0.1, 0.15) is 35.4 Å². The van der Waals surface area contributed by atoms with E-state index in [4.69, 9.17) is 5.11 Å². The van der Waals surface area contributed by atoms with Crippen LogP contribution in [-0.2, 0) is 16.8 Å². The summed E-state index contributed by atoms with van der Waals surface area (Å²) in [6.45, 7) is 1.57. The minimum absolute atomic E-state index is 0.0564. The SMILES string of the molecule is O=S(=O)(NCc1ccc(C#CCCO)s1)N1CCCCC1. The molecule has 2 rings (SSSR count). The van der Waals surface area contributed by atoms with Crippen LogP contribution in [0.2, 0.25) is 0 Å². The highest BCUT2D eigenvalue weighted by molar-refractivity contribution is 7.87. The van der Waals surface area contributed by atoms with E-state index >= 15 is 0 Å². The Morgan fingerprint density at radius 2 is 2.05 bits per heavy atom. The van der Waals surface area contributed by atoms with Crippen LogP contribution in [-0.4, -0.2) is 37.5 Å². The number of thiophene rings is 1. The lowest BCUT2D eigenvalue weighted by Gasteiger charge is -2.25. The number of piperidine rings is 1. The molecule has 0 radical (unpaired) electrons. The van der Waals surface area contributed by atoms with E-state index in [0.717, 1.165) is 29.0 Å². The van der Waals surface area contributed by atoms with Gasteiger partial charge in [-0.1, -0.05) is 18.3 Å². The summed E-state index contributed by atoms with van der Waals surface area (Å²) in [5.41, 5.74) is 0. The van der Waals surface area contributed by atoms with Crippen molar-refractivity contribution in [2.75, 3.05) is 19.7 Å². The summed E-state index contributed by atoms with van der Waals surface area (Å²) in [6, 6.07) is 3.76. The van der Waals surface area contributed by atoms with Gasteiger partial charge in [-0.25, -0.2) is 0 Å². The second-order valence-electron chi connectivity index (χ2n) is 4.83. The van der Waals surface area contributed by atoms with Crippen molar-refractivity contribution in [1.29, 1.82) is 0 Å². The number of hydrogen-bond acceptors (Lipinski definition) is 4. The molecule has 7 heteroatoms. The fourth-order valence-electron chi connectivity index (χ4n) is 2.10. The van der Waals surface area contributed by atoms with E-state index in [0.29, 0.717) is 26.1 Å². The van der Waals surface area contributed by atoms with Gasteiger partial charge >= 0.3 is 0 Å². The first-order chi connectivity index (χ1) is 10.1. The third-order valence-corrected chi connectivity index (χ3v) is 5.75. The Morgan fingerprint density at radius 1 is 1.29 bits per heavy atom. The van der Waals surface area contributed by atoms with Crippen molar-refractivity contribution in [3.8, 4) is 11.8 Å². The van der Waals surface area contributed by atoms with Crippen LogP contribution in [0.4, 0.5) is 0 Å². The molecule has 1 aliphatic heterocycles. The molecule has 0 saturated carbocycles. The van der Waals surface area contributed by atoms with Crippen molar-refractivity contribution in [2.24, 2.45) is 0 Å². The van der Waals surface area contributed by atoms with Gasteiger partial charge in [0.2, 0.25) is 0 Å². The largest absolute Gasteiger partial charge is 0.395 e. The van der Waals surface area contributed by atoms with Crippen molar-refractivity contribution >= 4 is 21.5 Å². The summed E-state index contributed by atoms with van der Waals surface area (Å²) in [5, 5.41) is 8.67. The zero-order valence-corrected chi connectivity index (χ0v) is 13.5. The van der Waals surface area contributed by atoms with E-state index in [9.17, 15) is 8.42 Å². The van der Waals surface area contributed by atoms with Crippen LogP contribution < -0.4 is 4.72 Å². The Balaban J connectivity index is 1.89. The average molecular weight is 328 g/mol. The molecule has 2 heterocycles. The van der Waals surface area contributed by atoms with E-state index in [1.165, 1.54) is 15.6 Å². The maximum atomic E-state index is 12.1. The summed E-state index contributed by atoms with van der Waals surface area (Å²) in [4.78, 5) is 1.82. The third kappa shape index (κ3) is 5.09. The predicted molar refractivity (Wildman–Crippen MR) is 84.1 cm³/mol. The molecular formula is C14H20N2O3S2. The van der Waals surface area contributed by atoms with Gasteiger partial charge in [0.05, 0.1) is 11.5 Å². The van der Waals surface area contributed by atoms with Gasteiger partial charge in [-0.05, 0) is 25.0 Å². The number of aliphatic hydroxyl groups excluding tert-OH is 1. The lowest BCUT2D eigenvalue weighted by Crippen LogP contribution is -2.43. The summed E-state index contributed by atoms with van der Waals surface area (Å²) in [5.74, 6) is 5.80. The molecule has 1 aromatic heterocycles. The monoisotopic (exact) mass is 328 g/mol. The number of aliphatic hydroxyl groups is 1. The van der Waals surface area contributed by atoms with Crippen LogP contribution in [0, 0.1) is 11.8 Å². The molecule has 1 saturated heterocycles. The highest BCUT2D eigenvalue weighted by atomic mass is 32.2. The highest BCUT2D eigenvalue weighted by Crippen LogP contribution is 2.17. The lowest BCUT2D eigenvalue weighted by molar-refractivity contribution is 0.305. The molecule has 2 N–H and O–H groups in total. The standard InChI is InChI=1S/C14H20N2O3S2/c17-11-5-2-6-13-7-8-14(20-13)12-15-21(18,19)16-9-3-1-4-10-16/h7-8,15,17H,1,3-5,9-12H2. The van der Waals surface area contributed by atoms with Gasteiger partial charge in [0, 0.05) is 30.9 Å². The van der Waals surface area contributed by atoms with Gasteiger partial charge in [0.1, 0.15) is 0 Å². The minimum atomic E-state index is -3.37. The molecule has 116 valence electrons. The maximum Gasteiger partial charge on any atom is 0.279 e. The summed E-state index contributed by atoms with van der Waals surface area (Å²) in [7, 11) is -3.37. The van der Waals surface area contributed by atoms with E-state index in [-0.39, 0.29) is 6.61 Å². The van der Waals surface area contributed by atoms with Crippen molar-refractivity contribution in [2.45, 2.75) is 32.2 Å². The van der Waals surface area contributed by atoms with Gasteiger partial charge in [0.25, 0.3) is 10.2 Å². The molecule has 0 bridgehead atoms. The fraction of sp³-hybridized carbons (Fsp3) is 0.571. The zero-order valence-electron chi connectivity index (χ0n) is 11.8. The normalized spacial score (nSPS) is 16.4. The lowest BCUT2D eigenvalue weighted by atomic mass is 10.2. The summed E-state index contributed by atoms with van der Waals surface area (Å²) < 4.78 is 28.4. The van der Waals surface area contributed by atoms with Crippen molar-refractivity contribution in [1.82, 2.24) is 9.03 Å². The van der Waals surface area contributed by atoms with Gasteiger partial charge < -0.3 is 5.11 Å². The Bertz CT molecular complexity index is 608. The van der Waals surface area contributed by atoms with Gasteiger partial charge in [-0.15, -0.1) is 11.3 Å². The van der Waals surface area contributed by atoms with Crippen LogP contribution in [0.5, 0.6) is 0 Å². The van der Waals surface area contributed by atoms with Gasteiger partial charge in [-0.3, -0.25) is 0 Å². The molecule has 1 aromatic rings. The average Bonchev–Trinajstić information content (AvgIpc) is 2.95. The molecule has 5 nitrogen and oxygen atoms in total. The predicted octanol–water partition coefficient (Wildman–Crippen LogP) is 1.30. The topological polar surface area (TPSA) is 69.6 Å². The fourth-order valence-corrected chi connectivity index (χ4v) is 4.28. The number of rotatable bonds is 5. The molecule has 1 aliphatic rings. The number of nitrogens with zero attached hydrogens (tertiary/aromatic N) is 1. The molecule has 0 spiro atoms. The van der Waals surface area contributed by atoms with Crippen LogP contribution in [0.15, 0.2) is 12.1 Å². The van der Waals surface area contributed by atoms with Crippen molar-refractivity contribution in [3.63, 3.8) is 0 Å². The smallest absolute Gasteiger partial charge is 0.279 e. The Labute approximate surface area is 130 Å². The van der Waals surface area contributed by atoms with E-state index < -0.39 is 10.2 Å². The second kappa shape index (κ2) is 7.92. The molecule has 21 heavy (non-hydrogen) atoms. The van der Waals surface area contributed by atoms with E-state index in [1.54, 1.807) is 0 Å². The first-order valence-corrected chi connectivity index (χ1v) is 9.30. The van der Waals surface area contributed by atoms with Crippen LogP contribution in [0.25, 0.3) is 0 Å². The number of hydrogen-bond donors (Lipinski definition) is 2. The summed E-state index contributed by atoms with van der Waals surface area (Å²) in [6.07, 6.45) is 3.43. The third-order valence-electron chi connectivity index (χ3n) is 3.19. The molecule has 0 aromatic carbocycles. The van der Waals surface area contributed by atoms with Gasteiger partial charge in [-0.2, -0.15) is 17.4 Å². The quantitative estimate of drug-likeness (QED) is 0.801. The Morgan fingerprint density at radius 3 is 2.76 bits per heavy atom. The van der Waals surface area contributed by atoms with E-state index in [2.05, 4.69) is 16.6 Å². The maximum absolute atomic E-state index is 12.1. The molecule has 0 amide bonds. The highest BCUT2D eigenvalue weighted by Gasteiger charge is 2.23. The van der Waals surface area contributed by atoms with Crippen LogP contribution >= 0.6 is 11.3 Å². The molecular weight excluding hydrogens is 308 g/mol. The molecule has 0 unspecified atom stereocenters. The number of nitrogens with one attached hydrogen (secondary N) is 1. The molecule has 0 atom stereocenters. The summed E-state index contributed by atoms with van der Waals surface area (Å²) >= 11 is 1.47. The second-order valence-corrected chi connectivity index (χ2v) is 7.75. The van der Waals surface area contributed by atoms with Crippen molar-refractivity contribution in [3.05, 3.63) is 21.9 Å². The first kappa shape index (κ1) is 16.5. The minimum Gasteiger partial charge on any atom is -0.395 e. The Hall–Kier alpha value is -0.910. The van der Waals surface area contributed by atoms with Crippen molar-refractivity contribution < 1.29 is 13.5 Å². The molecule has 1 fully saturated rings.